The minimum atomic E-state index is -0.0850. The van der Waals surface area contributed by atoms with Crippen molar-refractivity contribution in [1.82, 2.24) is 14.7 Å². The van der Waals surface area contributed by atoms with E-state index in [0.717, 1.165) is 43.6 Å². The fourth-order valence-electron chi connectivity index (χ4n) is 2.60. The third-order valence-corrected chi connectivity index (χ3v) is 3.68. The van der Waals surface area contributed by atoms with Gasteiger partial charge in [0.1, 0.15) is 5.65 Å². The van der Waals surface area contributed by atoms with Crippen molar-refractivity contribution in [3.8, 4) is 0 Å². The molecule has 4 heteroatoms. The van der Waals surface area contributed by atoms with Crippen molar-refractivity contribution in [3.63, 3.8) is 0 Å². The van der Waals surface area contributed by atoms with Crippen LogP contribution >= 0.6 is 0 Å². The van der Waals surface area contributed by atoms with E-state index in [1.165, 1.54) is 0 Å². The van der Waals surface area contributed by atoms with E-state index in [0.29, 0.717) is 6.04 Å². The molecule has 0 bridgehead atoms. The van der Waals surface area contributed by atoms with Gasteiger partial charge in [0.2, 0.25) is 0 Å². The normalized spacial score (nSPS) is 24.5. The first-order valence-corrected chi connectivity index (χ1v) is 6.65. The topological polar surface area (TPSA) is 49.6 Å². The SMILES string of the molecule is OC1CCC(NCc2cn3ccccc3n2)CC1. The molecule has 2 aromatic rings. The van der Waals surface area contributed by atoms with Crippen LogP contribution in [0.3, 0.4) is 0 Å². The summed E-state index contributed by atoms with van der Waals surface area (Å²) in [6, 6.07) is 6.55. The highest BCUT2D eigenvalue weighted by molar-refractivity contribution is 5.39. The standard InChI is InChI=1S/C14H19N3O/c18-13-6-4-11(5-7-13)15-9-12-10-17-8-2-1-3-14(17)16-12/h1-3,8,10-11,13,15,18H,4-7,9H2. The van der Waals surface area contributed by atoms with Crippen LogP contribution in [0.15, 0.2) is 30.6 Å². The Balaban J connectivity index is 1.59. The number of nitrogens with zero attached hydrogens (tertiary/aromatic N) is 2. The number of fused-ring (bicyclic) bond motifs is 1. The molecular weight excluding hydrogens is 226 g/mol. The highest BCUT2D eigenvalue weighted by atomic mass is 16.3. The van der Waals surface area contributed by atoms with Gasteiger partial charge in [-0.25, -0.2) is 4.98 Å². The summed E-state index contributed by atoms with van der Waals surface area (Å²) in [4.78, 5) is 4.56. The summed E-state index contributed by atoms with van der Waals surface area (Å²) in [6.45, 7) is 0.808. The Labute approximate surface area is 107 Å². The van der Waals surface area contributed by atoms with Gasteiger partial charge >= 0.3 is 0 Å². The highest BCUT2D eigenvalue weighted by Gasteiger charge is 2.18. The lowest BCUT2D eigenvalue weighted by Crippen LogP contribution is -2.34. The molecule has 1 fully saturated rings. The largest absolute Gasteiger partial charge is 0.393 e. The molecule has 2 heterocycles. The summed E-state index contributed by atoms with van der Waals surface area (Å²) < 4.78 is 2.04. The second kappa shape index (κ2) is 5.08. The summed E-state index contributed by atoms with van der Waals surface area (Å²) in [6.07, 6.45) is 7.97. The van der Waals surface area contributed by atoms with Crippen molar-refractivity contribution in [2.75, 3.05) is 0 Å². The fraction of sp³-hybridized carbons (Fsp3) is 0.500. The zero-order chi connectivity index (χ0) is 12.4. The maximum atomic E-state index is 9.46. The second-order valence-electron chi connectivity index (χ2n) is 5.08. The molecule has 0 amide bonds. The average molecular weight is 245 g/mol. The number of rotatable bonds is 3. The number of hydrogen-bond acceptors (Lipinski definition) is 3. The van der Waals surface area contributed by atoms with Crippen LogP contribution in [-0.2, 0) is 6.54 Å². The molecule has 2 N–H and O–H groups in total. The van der Waals surface area contributed by atoms with Gasteiger partial charge in [-0.15, -0.1) is 0 Å². The molecule has 1 saturated carbocycles. The molecule has 1 aliphatic rings. The van der Waals surface area contributed by atoms with E-state index in [4.69, 9.17) is 0 Å². The van der Waals surface area contributed by atoms with Crippen LogP contribution in [0.25, 0.3) is 5.65 Å². The van der Waals surface area contributed by atoms with E-state index in [2.05, 4.69) is 16.5 Å². The Hall–Kier alpha value is -1.39. The number of imidazole rings is 1. The molecule has 3 rings (SSSR count). The summed E-state index contributed by atoms with van der Waals surface area (Å²) in [7, 11) is 0. The van der Waals surface area contributed by atoms with Gasteiger partial charge in [-0.05, 0) is 37.8 Å². The summed E-state index contributed by atoms with van der Waals surface area (Å²) in [5.74, 6) is 0. The number of aliphatic hydroxyl groups is 1. The first-order valence-electron chi connectivity index (χ1n) is 6.65. The minimum absolute atomic E-state index is 0.0850. The molecule has 96 valence electrons. The Morgan fingerprint density at radius 1 is 1.28 bits per heavy atom. The van der Waals surface area contributed by atoms with Crippen molar-refractivity contribution in [2.45, 2.75) is 44.4 Å². The molecule has 0 spiro atoms. The minimum Gasteiger partial charge on any atom is -0.393 e. The van der Waals surface area contributed by atoms with Crippen LogP contribution in [0.5, 0.6) is 0 Å². The summed E-state index contributed by atoms with van der Waals surface area (Å²) >= 11 is 0. The number of aliphatic hydroxyl groups excluding tert-OH is 1. The Morgan fingerprint density at radius 2 is 2.11 bits per heavy atom. The Morgan fingerprint density at radius 3 is 2.89 bits per heavy atom. The quantitative estimate of drug-likeness (QED) is 0.865. The third-order valence-electron chi connectivity index (χ3n) is 3.68. The van der Waals surface area contributed by atoms with E-state index >= 15 is 0 Å². The molecule has 0 saturated heterocycles. The Bertz CT molecular complexity index is 481. The van der Waals surface area contributed by atoms with Crippen molar-refractivity contribution < 1.29 is 5.11 Å². The molecule has 2 aromatic heterocycles. The number of aromatic nitrogens is 2. The van der Waals surface area contributed by atoms with Gasteiger partial charge in [0.25, 0.3) is 0 Å². The zero-order valence-corrected chi connectivity index (χ0v) is 10.4. The van der Waals surface area contributed by atoms with Crippen LogP contribution < -0.4 is 5.32 Å². The summed E-state index contributed by atoms with van der Waals surface area (Å²) in [5, 5.41) is 13.0. The van der Waals surface area contributed by atoms with Crippen LogP contribution in [-0.4, -0.2) is 26.6 Å². The van der Waals surface area contributed by atoms with E-state index in [-0.39, 0.29) is 6.10 Å². The average Bonchev–Trinajstić information content (AvgIpc) is 2.81. The van der Waals surface area contributed by atoms with Crippen LogP contribution in [0, 0.1) is 0 Å². The Kier molecular flexibility index (Phi) is 3.30. The van der Waals surface area contributed by atoms with Crippen LogP contribution in [0.1, 0.15) is 31.4 Å². The predicted octanol–water partition coefficient (Wildman–Crippen LogP) is 1.73. The van der Waals surface area contributed by atoms with Gasteiger partial charge in [0.05, 0.1) is 11.8 Å². The van der Waals surface area contributed by atoms with Crippen molar-refractivity contribution in [2.24, 2.45) is 0 Å². The molecule has 4 nitrogen and oxygen atoms in total. The predicted molar refractivity (Wildman–Crippen MR) is 70.3 cm³/mol. The van der Waals surface area contributed by atoms with E-state index < -0.39 is 0 Å². The van der Waals surface area contributed by atoms with Gasteiger partial charge in [0, 0.05) is 25.0 Å². The van der Waals surface area contributed by atoms with Gasteiger partial charge in [0.15, 0.2) is 0 Å². The molecular formula is C14H19N3O. The smallest absolute Gasteiger partial charge is 0.137 e. The first-order chi connectivity index (χ1) is 8.81. The lowest BCUT2D eigenvalue weighted by molar-refractivity contribution is 0.116. The molecule has 0 radical (unpaired) electrons. The number of hydrogen-bond donors (Lipinski definition) is 2. The molecule has 0 atom stereocenters. The zero-order valence-electron chi connectivity index (χ0n) is 10.4. The van der Waals surface area contributed by atoms with Crippen molar-refractivity contribution in [3.05, 3.63) is 36.3 Å². The van der Waals surface area contributed by atoms with Gasteiger partial charge in [-0.3, -0.25) is 0 Å². The monoisotopic (exact) mass is 245 g/mol. The lowest BCUT2D eigenvalue weighted by atomic mass is 9.93. The van der Waals surface area contributed by atoms with Crippen molar-refractivity contribution >= 4 is 5.65 Å². The maximum absolute atomic E-state index is 9.46. The first kappa shape index (κ1) is 11.7. The maximum Gasteiger partial charge on any atom is 0.137 e. The molecule has 18 heavy (non-hydrogen) atoms. The molecule has 1 aliphatic carbocycles. The van der Waals surface area contributed by atoms with Crippen LogP contribution in [0.4, 0.5) is 0 Å². The van der Waals surface area contributed by atoms with Crippen LogP contribution in [0.2, 0.25) is 0 Å². The molecule has 0 aliphatic heterocycles. The second-order valence-corrected chi connectivity index (χ2v) is 5.08. The summed E-state index contributed by atoms with van der Waals surface area (Å²) in [5.41, 5.74) is 2.07. The van der Waals surface area contributed by atoms with Gasteiger partial charge in [-0.2, -0.15) is 0 Å². The number of nitrogens with one attached hydrogen (secondary N) is 1. The van der Waals surface area contributed by atoms with Crippen molar-refractivity contribution in [1.29, 1.82) is 0 Å². The van der Waals surface area contributed by atoms with Gasteiger partial charge in [-0.1, -0.05) is 6.07 Å². The third kappa shape index (κ3) is 2.54. The molecule has 0 aromatic carbocycles. The van der Waals surface area contributed by atoms with E-state index in [9.17, 15) is 5.11 Å². The highest BCUT2D eigenvalue weighted by Crippen LogP contribution is 2.18. The molecule has 0 unspecified atom stereocenters. The lowest BCUT2D eigenvalue weighted by Gasteiger charge is -2.25. The van der Waals surface area contributed by atoms with E-state index in [1.54, 1.807) is 0 Å². The van der Waals surface area contributed by atoms with Gasteiger partial charge < -0.3 is 14.8 Å². The van der Waals surface area contributed by atoms with E-state index in [1.807, 2.05) is 28.8 Å². The number of pyridine rings is 1. The fourth-order valence-corrected chi connectivity index (χ4v) is 2.60.